The maximum atomic E-state index is 15.1. The molecule has 0 aliphatic carbocycles. The van der Waals surface area contributed by atoms with Crippen molar-refractivity contribution in [2.45, 2.75) is 37.8 Å². The Balaban J connectivity index is 2.64. The molecular formula is C24H15F11. The van der Waals surface area contributed by atoms with Crippen LogP contribution < -0.4 is 0 Å². The number of hydrogen-bond donors (Lipinski definition) is 0. The molecule has 0 nitrogen and oxygen atoms in total. The van der Waals surface area contributed by atoms with Gasteiger partial charge in [0.25, 0.3) is 0 Å². The van der Waals surface area contributed by atoms with Gasteiger partial charge in [-0.15, -0.1) is 0 Å². The monoisotopic (exact) mass is 512 g/mol. The Bertz CT molecular complexity index is 1160. The quantitative estimate of drug-likeness (QED) is 0.244. The molecule has 0 spiro atoms. The lowest BCUT2D eigenvalue weighted by Crippen LogP contribution is -2.46. The van der Waals surface area contributed by atoms with E-state index in [1.165, 1.54) is 13.8 Å². The molecule has 0 heterocycles. The van der Waals surface area contributed by atoms with Crippen LogP contribution in [0.2, 0.25) is 0 Å². The average Bonchev–Trinajstić information content (AvgIpc) is 2.68. The topological polar surface area (TPSA) is 0 Å². The van der Waals surface area contributed by atoms with E-state index in [1.807, 2.05) is 0 Å². The van der Waals surface area contributed by atoms with E-state index in [9.17, 15) is 39.5 Å². The van der Waals surface area contributed by atoms with Crippen LogP contribution in [-0.4, -0.2) is 6.18 Å². The van der Waals surface area contributed by atoms with Crippen molar-refractivity contribution in [2.24, 2.45) is 0 Å². The second kappa shape index (κ2) is 8.53. The van der Waals surface area contributed by atoms with Crippen LogP contribution in [0.25, 0.3) is 0 Å². The Morgan fingerprint density at radius 3 is 1.11 bits per heavy atom. The highest BCUT2D eigenvalue weighted by atomic mass is 19.4. The molecule has 0 atom stereocenters. The molecule has 0 saturated carbocycles. The number of aryl methyl sites for hydroxylation is 2. The van der Waals surface area contributed by atoms with Gasteiger partial charge >= 0.3 is 18.5 Å². The second-order valence-corrected chi connectivity index (χ2v) is 8.01. The summed E-state index contributed by atoms with van der Waals surface area (Å²) in [5.74, 6) is -3.18. The molecule has 3 rings (SSSR count). The summed E-state index contributed by atoms with van der Waals surface area (Å²) in [6.07, 6.45) is -16.8. The first kappa shape index (κ1) is 26.5. The van der Waals surface area contributed by atoms with Crippen LogP contribution in [0, 0.1) is 25.5 Å². The Kier molecular flexibility index (Phi) is 6.45. The minimum Gasteiger partial charge on any atom is -0.207 e. The third-order valence-corrected chi connectivity index (χ3v) is 5.50. The molecule has 0 aliphatic heterocycles. The zero-order chi connectivity index (χ0) is 26.6. The normalized spacial score (nSPS) is 13.3. The van der Waals surface area contributed by atoms with Gasteiger partial charge in [0.15, 0.2) is 0 Å². The molecule has 3 aromatic carbocycles. The van der Waals surface area contributed by atoms with E-state index >= 15 is 8.78 Å². The number of benzene rings is 3. The van der Waals surface area contributed by atoms with Crippen LogP contribution >= 0.6 is 0 Å². The predicted molar refractivity (Wildman–Crippen MR) is 105 cm³/mol. The van der Waals surface area contributed by atoms with Crippen molar-refractivity contribution < 1.29 is 48.3 Å². The second-order valence-electron chi connectivity index (χ2n) is 8.01. The molecule has 3 aromatic rings. The average molecular weight is 512 g/mol. The maximum absolute atomic E-state index is 15.1. The highest BCUT2D eigenvalue weighted by Crippen LogP contribution is 2.54. The molecule has 0 unspecified atom stereocenters. The van der Waals surface area contributed by atoms with Crippen molar-refractivity contribution in [3.05, 3.63) is 105 Å². The zero-order valence-corrected chi connectivity index (χ0v) is 17.9. The van der Waals surface area contributed by atoms with E-state index < -0.39 is 63.4 Å². The summed E-state index contributed by atoms with van der Waals surface area (Å²) < 4.78 is 156. The fourth-order valence-corrected chi connectivity index (χ4v) is 3.95. The minimum absolute atomic E-state index is 0.117. The largest absolute Gasteiger partial charge is 0.416 e. The molecule has 0 aliphatic rings. The van der Waals surface area contributed by atoms with Gasteiger partial charge in [-0.3, -0.25) is 0 Å². The fourth-order valence-electron chi connectivity index (χ4n) is 3.95. The number of alkyl halides is 9. The molecule has 188 valence electrons. The molecule has 0 radical (unpaired) electrons. The minimum atomic E-state index is -5.79. The third-order valence-electron chi connectivity index (χ3n) is 5.50. The van der Waals surface area contributed by atoms with Gasteiger partial charge in [0.05, 0.1) is 11.1 Å². The summed E-state index contributed by atoms with van der Waals surface area (Å²) in [5, 5.41) is 0. The standard InChI is InChI=1S/C24H15F11/c1-12-3-5-17(19(25)7-12)21(24(33,34)35,18-6-4-13(2)8-20(18)26)14-9-15(22(27,28)29)11-16(10-14)23(30,31)32/h3-11H,1-2H3. The van der Waals surface area contributed by atoms with Gasteiger partial charge in [-0.1, -0.05) is 24.3 Å². The van der Waals surface area contributed by atoms with Crippen LogP contribution in [0.5, 0.6) is 0 Å². The molecule has 0 N–H and O–H groups in total. The summed E-state index contributed by atoms with van der Waals surface area (Å²) >= 11 is 0. The molecular weight excluding hydrogens is 497 g/mol. The Hall–Kier alpha value is -3.11. The maximum Gasteiger partial charge on any atom is 0.416 e. The highest BCUT2D eigenvalue weighted by Gasteiger charge is 2.61. The molecule has 0 bridgehead atoms. The van der Waals surface area contributed by atoms with Gasteiger partial charge in [0.2, 0.25) is 0 Å². The van der Waals surface area contributed by atoms with E-state index in [1.54, 1.807) is 0 Å². The van der Waals surface area contributed by atoms with Gasteiger partial charge < -0.3 is 0 Å². The predicted octanol–water partition coefficient (Wildman–Crippen LogP) is 8.52. The molecule has 0 amide bonds. The van der Waals surface area contributed by atoms with Crippen molar-refractivity contribution in [2.75, 3.05) is 0 Å². The van der Waals surface area contributed by atoms with Crippen molar-refractivity contribution in [1.82, 2.24) is 0 Å². The summed E-state index contributed by atoms with van der Waals surface area (Å²) in [6.45, 7) is 2.61. The molecule has 0 saturated heterocycles. The molecule has 0 fully saturated rings. The Labute approximate surface area is 192 Å². The van der Waals surface area contributed by atoms with Gasteiger partial charge in [-0.25, -0.2) is 8.78 Å². The van der Waals surface area contributed by atoms with Gasteiger partial charge in [-0.2, -0.15) is 39.5 Å². The summed E-state index contributed by atoms with van der Waals surface area (Å²) in [4.78, 5) is 0. The number of rotatable bonds is 3. The van der Waals surface area contributed by atoms with Gasteiger partial charge in [0.1, 0.15) is 17.0 Å². The van der Waals surface area contributed by atoms with E-state index in [2.05, 4.69) is 0 Å². The first-order chi connectivity index (χ1) is 15.9. The van der Waals surface area contributed by atoms with Gasteiger partial charge in [0, 0.05) is 11.1 Å². The number of halogens is 11. The first-order valence-corrected chi connectivity index (χ1v) is 9.79. The molecule has 11 heteroatoms. The first-order valence-electron chi connectivity index (χ1n) is 9.79. The molecule has 0 aromatic heterocycles. The van der Waals surface area contributed by atoms with Gasteiger partial charge in [-0.05, 0) is 60.9 Å². The summed E-state index contributed by atoms with van der Waals surface area (Å²) in [5.41, 5.74) is -12.3. The van der Waals surface area contributed by atoms with Crippen LogP contribution in [-0.2, 0) is 17.8 Å². The smallest absolute Gasteiger partial charge is 0.207 e. The lowest BCUT2D eigenvalue weighted by Gasteiger charge is -2.38. The van der Waals surface area contributed by atoms with Crippen molar-refractivity contribution in [3.8, 4) is 0 Å². The Morgan fingerprint density at radius 2 is 0.829 bits per heavy atom. The lowest BCUT2D eigenvalue weighted by atomic mass is 9.67. The van der Waals surface area contributed by atoms with Crippen LogP contribution in [0.1, 0.15) is 38.9 Å². The van der Waals surface area contributed by atoms with Crippen molar-refractivity contribution in [3.63, 3.8) is 0 Å². The van der Waals surface area contributed by atoms with E-state index in [0.29, 0.717) is 24.3 Å². The summed E-state index contributed by atoms with van der Waals surface area (Å²) in [7, 11) is 0. The number of hydrogen-bond acceptors (Lipinski definition) is 0. The van der Waals surface area contributed by atoms with E-state index in [4.69, 9.17) is 0 Å². The lowest BCUT2D eigenvalue weighted by molar-refractivity contribution is -0.169. The van der Waals surface area contributed by atoms with E-state index in [-0.39, 0.29) is 29.3 Å². The van der Waals surface area contributed by atoms with E-state index in [0.717, 1.165) is 12.1 Å². The van der Waals surface area contributed by atoms with Crippen LogP contribution in [0.3, 0.4) is 0 Å². The van der Waals surface area contributed by atoms with Crippen molar-refractivity contribution >= 4 is 0 Å². The SMILES string of the molecule is Cc1ccc(C(c2cc(C(F)(F)F)cc(C(F)(F)F)c2)(c2ccc(C)cc2F)C(F)(F)F)c(F)c1. The zero-order valence-electron chi connectivity index (χ0n) is 17.9. The highest BCUT2D eigenvalue weighted by molar-refractivity contribution is 5.56. The summed E-state index contributed by atoms with van der Waals surface area (Å²) in [6, 6.07) is 3.69. The Morgan fingerprint density at radius 1 is 0.486 bits per heavy atom. The van der Waals surface area contributed by atoms with Crippen molar-refractivity contribution in [1.29, 1.82) is 0 Å². The molecule has 35 heavy (non-hydrogen) atoms. The third kappa shape index (κ3) is 4.72. The van der Waals surface area contributed by atoms with Crippen LogP contribution in [0.4, 0.5) is 48.3 Å². The fraction of sp³-hybridized carbons (Fsp3) is 0.250. The van der Waals surface area contributed by atoms with Crippen LogP contribution in [0.15, 0.2) is 54.6 Å².